The summed E-state index contributed by atoms with van der Waals surface area (Å²) in [5, 5.41) is 4.34. The summed E-state index contributed by atoms with van der Waals surface area (Å²) in [6.07, 6.45) is 0.628. The van der Waals surface area contributed by atoms with Crippen LogP contribution in [0.15, 0.2) is 39.2 Å². The molecule has 1 N–H and O–H groups in total. The molecular formula is C17H18N4O4S. The van der Waals surface area contributed by atoms with Gasteiger partial charge in [0.05, 0.1) is 12.6 Å². The van der Waals surface area contributed by atoms with Crippen molar-refractivity contribution in [1.82, 2.24) is 13.5 Å². The van der Waals surface area contributed by atoms with Crippen molar-refractivity contribution in [2.24, 2.45) is 0 Å². The number of carbonyl (C=O) groups is 1. The second kappa shape index (κ2) is 7.52. The maximum absolute atomic E-state index is 12.7. The Morgan fingerprint density at radius 3 is 2.62 bits per heavy atom. The monoisotopic (exact) mass is 374 g/mol. The minimum atomic E-state index is -0.505. The minimum absolute atomic E-state index is 0.205. The molecule has 136 valence electrons. The van der Waals surface area contributed by atoms with E-state index in [1.807, 2.05) is 6.92 Å². The van der Waals surface area contributed by atoms with Gasteiger partial charge in [0.15, 0.2) is 5.52 Å². The SMILES string of the molecule is CCCn1c(=O)c2nscc2n(CC(=O)Nc2ccc(OC)cc2)c1=O. The van der Waals surface area contributed by atoms with Gasteiger partial charge in [0.25, 0.3) is 5.56 Å². The molecular weight excluding hydrogens is 356 g/mol. The number of methoxy groups -OCH3 is 1. The van der Waals surface area contributed by atoms with E-state index in [-0.39, 0.29) is 24.5 Å². The number of benzene rings is 1. The van der Waals surface area contributed by atoms with Gasteiger partial charge in [-0.25, -0.2) is 4.79 Å². The molecule has 0 spiro atoms. The molecule has 0 fully saturated rings. The van der Waals surface area contributed by atoms with Gasteiger partial charge in [-0.1, -0.05) is 6.92 Å². The van der Waals surface area contributed by atoms with Crippen molar-refractivity contribution in [2.45, 2.75) is 26.4 Å². The Bertz CT molecular complexity index is 1050. The van der Waals surface area contributed by atoms with E-state index in [9.17, 15) is 14.4 Å². The molecule has 26 heavy (non-hydrogen) atoms. The van der Waals surface area contributed by atoms with Gasteiger partial charge in [0.1, 0.15) is 12.3 Å². The highest BCUT2D eigenvalue weighted by Crippen LogP contribution is 2.15. The fraction of sp³-hybridized carbons (Fsp3) is 0.294. The summed E-state index contributed by atoms with van der Waals surface area (Å²) in [5.41, 5.74) is 0.252. The normalized spacial score (nSPS) is 10.8. The topological polar surface area (TPSA) is 95.2 Å². The van der Waals surface area contributed by atoms with Crippen molar-refractivity contribution in [3.05, 3.63) is 50.5 Å². The summed E-state index contributed by atoms with van der Waals surface area (Å²) in [5.74, 6) is 0.309. The third-order valence-corrected chi connectivity index (χ3v) is 4.49. The number of carbonyl (C=O) groups excluding carboxylic acids is 1. The molecule has 0 unspecified atom stereocenters. The fourth-order valence-electron chi connectivity index (χ4n) is 2.63. The number of hydrogen-bond donors (Lipinski definition) is 1. The maximum atomic E-state index is 12.7. The van der Waals surface area contributed by atoms with Crippen LogP contribution in [0.4, 0.5) is 5.69 Å². The average molecular weight is 374 g/mol. The van der Waals surface area contributed by atoms with Gasteiger partial charge in [-0.3, -0.25) is 18.7 Å². The van der Waals surface area contributed by atoms with E-state index in [1.165, 1.54) is 4.57 Å². The molecule has 3 rings (SSSR count). The van der Waals surface area contributed by atoms with Gasteiger partial charge in [0.2, 0.25) is 5.91 Å². The quantitative estimate of drug-likeness (QED) is 0.708. The second-order valence-corrected chi connectivity index (χ2v) is 6.28. The Morgan fingerprint density at radius 1 is 1.23 bits per heavy atom. The summed E-state index contributed by atoms with van der Waals surface area (Å²) >= 11 is 1.08. The zero-order valence-corrected chi connectivity index (χ0v) is 15.2. The lowest BCUT2D eigenvalue weighted by Gasteiger charge is -2.11. The molecule has 1 amide bonds. The molecule has 0 aliphatic rings. The predicted octanol–water partition coefficient (Wildman–Crippen LogP) is 1.68. The summed E-state index contributed by atoms with van der Waals surface area (Å²) in [6, 6.07) is 6.87. The Kier molecular flexibility index (Phi) is 5.17. The van der Waals surface area contributed by atoms with Crippen molar-refractivity contribution < 1.29 is 9.53 Å². The molecule has 0 aliphatic heterocycles. The Morgan fingerprint density at radius 2 is 1.96 bits per heavy atom. The molecule has 0 bridgehead atoms. The molecule has 0 aliphatic carbocycles. The number of nitrogens with zero attached hydrogens (tertiary/aromatic N) is 3. The van der Waals surface area contributed by atoms with Crippen LogP contribution in [0.1, 0.15) is 13.3 Å². The van der Waals surface area contributed by atoms with E-state index >= 15 is 0 Å². The molecule has 0 atom stereocenters. The van der Waals surface area contributed by atoms with Crippen LogP contribution in [0.5, 0.6) is 5.75 Å². The van der Waals surface area contributed by atoms with Crippen molar-refractivity contribution in [2.75, 3.05) is 12.4 Å². The van der Waals surface area contributed by atoms with Crippen molar-refractivity contribution >= 4 is 34.2 Å². The van der Waals surface area contributed by atoms with Crippen molar-refractivity contribution in [1.29, 1.82) is 0 Å². The summed E-state index contributed by atoms with van der Waals surface area (Å²) in [6.45, 7) is 1.95. The van der Waals surface area contributed by atoms with E-state index in [0.29, 0.717) is 23.4 Å². The molecule has 2 aromatic heterocycles. The lowest BCUT2D eigenvalue weighted by atomic mass is 10.3. The van der Waals surface area contributed by atoms with E-state index in [1.54, 1.807) is 36.8 Å². The van der Waals surface area contributed by atoms with E-state index in [4.69, 9.17) is 4.74 Å². The molecule has 0 saturated carbocycles. The van der Waals surface area contributed by atoms with Gasteiger partial charge >= 0.3 is 5.69 Å². The van der Waals surface area contributed by atoms with Crippen LogP contribution in [0.3, 0.4) is 0 Å². The zero-order valence-electron chi connectivity index (χ0n) is 14.4. The first-order valence-corrected chi connectivity index (χ1v) is 8.90. The third-order valence-electron chi connectivity index (χ3n) is 3.87. The third kappa shape index (κ3) is 3.38. The van der Waals surface area contributed by atoms with Gasteiger partial charge in [-0.15, -0.1) is 0 Å². The van der Waals surface area contributed by atoms with Gasteiger partial charge in [-0.05, 0) is 42.2 Å². The van der Waals surface area contributed by atoms with Crippen molar-refractivity contribution in [3.63, 3.8) is 0 Å². The first kappa shape index (κ1) is 17.9. The average Bonchev–Trinajstić information content (AvgIpc) is 3.13. The van der Waals surface area contributed by atoms with E-state index in [0.717, 1.165) is 16.1 Å². The molecule has 0 saturated heterocycles. The molecule has 2 heterocycles. The summed E-state index contributed by atoms with van der Waals surface area (Å²) in [4.78, 5) is 37.4. The maximum Gasteiger partial charge on any atom is 0.332 e. The first-order valence-electron chi connectivity index (χ1n) is 8.06. The molecule has 3 aromatic rings. The van der Waals surface area contributed by atoms with Crippen LogP contribution in [0, 0.1) is 0 Å². The minimum Gasteiger partial charge on any atom is -0.497 e. The number of nitrogens with one attached hydrogen (secondary N) is 1. The highest BCUT2D eigenvalue weighted by atomic mass is 32.1. The number of ether oxygens (including phenoxy) is 1. The number of rotatable bonds is 6. The fourth-order valence-corrected chi connectivity index (χ4v) is 3.30. The van der Waals surface area contributed by atoms with Crippen LogP contribution in [-0.4, -0.2) is 26.5 Å². The largest absolute Gasteiger partial charge is 0.497 e. The van der Waals surface area contributed by atoms with Gasteiger partial charge < -0.3 is 10.1 Å². The van der Waals surface area contributed by atoms with Gasteiger partial charge in [0, 0.05) is 17.6 Å². The Labute approximate surface area is 152 Å². The van der Waals surface area contributed by atoms with E-state index < -0.39 is 11.2 Å². The van der Waals surface area contributed by atoms with E-state index in [2.05, 4.69) is 9.69 Å². The van der Waals surface area contributed by atoms with Gasteiger partial charge in [-0.2, -0.15) is 4.37 Å². The smallest absolute Gasteiger partial charge is 0.332 e. The number of fused-ring (bicyclic) bond motifs is 1. The molecule has 0 radical (unpaired) electrons. The van der Waals surface area contributed by atoms with Crippen LogP contribution < -0.4 is 21.3 Å². The van der Waals surface area contributed by atoms with Crippen LogP contribution in [0.25, 0.3) is 11.0 Å². The molecule has 9 heteroatoms. The highest BCUT2D eigenvalue weighted by molar-refractivity contribution is 7.04. The van der Waals surface area contributed by atoms with Crippen LogP contribution in [0.2, 0.25) is 0 Å². The van der Waals surface area contributed by atoms with Crippen molar-refractivity contribution in [3.8, 4) is 5.75 Å². The van der Waals surface area contributed by atoms with Crippen LogP contribution in [-0.2, 0) is 17.9 Å². The summed E-state index contributed by atoms with van der Waals surface area (Å²) in [7, 11) is 1.56. The standard InChI is InChI=1S/C17H18N4O4S/c1-3-8-20-16(23)15-13(10-26-19-15)21(17(20)24)9-14(22)18-11-4-6-12(25-2)7-5-11/h4-7,10H,3,8-9H2,1-2H3,(H,18,22). The number of hydrogen-bond acceptors (Lipinski definition) is 6. The zero-order chi connectivity index (χ0) is 18.7. The lowest BCUT2D eigenvalue weighted by Crippen LogP contribution is -2.41. The Balaban J connectivity index is 1.92. The first-order chi connectivity index (χ1) is 12.5. The number of anilines is 1. The predicted molar refractivity (Wildman–Crippen MR) is 100 cm³/mol. The lowest BCUT2D eigenvalue weighted by molar-refractivity contribution is -0.116. The highest BCUT2D eigenvalue weighted by Gasteiger charge is 2.17. The summed E-state index contributed by atoms with van der Waals surface area (Å²) < 4.78 is 11.6. The number of amides is 1. The molecule has 8 nitrogen and oxygen atoms in total. The molecule has 1 aromatic carbocycles. The van der Waals surface area contributed by atoms with Crippen LogP contribution >= 0.6 is 11.5 Å². The number of aromatic nitrogens is 3. The second-order valence-electron chi connectivity index (χ2n) is 5.65. The Hall–Kier alpha value is -2.94.